The number of phenolic OH excluding ortho intramolecular Hbond substituents is 1. The van der Waals surface area contributed by atoms with Gasteiger partial charge in [0, 0.05) is 36.8 Å². The number of likely N-dealkylation sites (tertiary alicyclic amines) is 1. The largest absolute Gasteiger partial charge is 0.508 e. The molecule has 2 fully saturated rings. The van der Waals surface area contributed by atoms with E-state index in [2.05, 4.69) is 62.4 Å². The first-order valence-electron chi connectivity index (χ1n) is 15.4. The number of amides is 1. The van der Waals surface area contributed by atoms with E-state index in [4.69, 9.17) is 14.7 Å². The molecule has 0 bridgehead atoms. The van der Waals surface area contributed by atoms with E-state index in [-0.39, 0.29) is 23.9 Å². The Bertz CT molecular complexity index is 1480. The highest BCUT2D eigenvalue weighted by molar-refractivity contribution is 5.88. The van der Waals surface area contributed by atoms with Crippen LogP contribution in [0.1, 0.15) is 56.4 Å². The minimum atomic E-state index is -0.0300. The van der Waals surface area contributed by atoms with Crippen molar-refractivity contribution in [1.82, 2.24) is 19.8 Å². The van der Waals surface area contributed by atoms with E-state index >= 15 is 0 Å². The highest BCUT2D eigenvalue weighted by atomic mass is 16.5. The van der Waals surface area contributed by atoms with Gasteiger partial charge in [0.2, 0.25) is 5.91 Å². The molecule has 1 amide bonds. The van der Waals surface area contributed by atoms with Crippen LogP contribution in [-0.2, 0) is 17.6 Å². The molecule has 0 saturated carbocycles. The lowest BCUT2D eigenvalue weighted by atomic mass is 9.74. The number of aromatic hydroxyl groups is 1. The van der Waals surface area contributed by atoms with E-state index in [9.17, 15) is 9.90 Å². The minimum Gasteiger partial charge on any atom is -0.508 e. The number of nitrogens with zero attached hydrogens (tertiary/aromatic N) is 5. The quantitative estimate of drug-likeness (QED) is 0.421. The second kappa shape index (κ2) is 11.6. The van der Waals surface area contributed by atoms with Gasteiger partial charge in [-0.05, 0) is 99.5 Å². The van der Waals surface area contributed by atoms with Crippen molar-refractivity contribution >= 4 is 22.5 Å². The maximum absolute atomic E-state index is 12.5. The standard InChI is InChI=1S/C34H43N5O3/c1-6-32(41)38-18-22(3)39(23(4)19-38)33-30-14-21(2)28(29-16-26(40)15-24-10-7-8-12-27(24)29)17-31(30)35-34(36-33)42-20-25-11-9-13-37(25)5/h6-8,10,12,15-16,21-23,25,28,40H,1,9,11,13-14,17-20H2,2-5H3/t21-,22+,23+,25+,28-/m1/s1. The maximum atomic E-state index is 12.5. The van der Waals surface area contributed by atoms with Crippen molar-refractivity contribution < 1.29 is 14.6 Å². The summed E-state index contributed by atoms with van der Waals surface area (Å²) in [5.74, 6) is 1.72. The van der Waals surface area contributed by atoms with E-state index in [1.54, 1.807) is 0 Å². The van der Waals surface area contributed by atoms with Crippen LogP contribution in [0.15, 0.2) is 49.1 Å². The molecule has 2 aliphatic heterocycles. The van der Waals surface area contributed by atoms with Gasteiger partial charge in [-0.25, -0.2) is 0 Å². The van der Waals surface area contributed by atoms with Crippen LogP contribution in [0.5, 0.6) is 11.8 Å². The van der Waals surface area contributed by atoms with Gasteiger partial charge < -0.3 is 24.5 Å². The van der Waals surface area contributed by atoms with E-state index in [1.165, 1.54) is 23.4 Å². The first-order valence-corrected chi connectivity index (χ1v) is 15.4. The lowest BCUT2D eigenvalue weighted by Gasteiger charge is -2.46. The van der Waals surface area contributed by atoms with Crippen LogP contribution in [0, 0.1) is 5.92 Å². The molecular weight excluding hydrogens is 526 g/mol. The van der Waals surface area contributed by atoms with Crippen molar-refractivity contribution in [1.29, 1.82) is 0 Å². The summed E-state index contributed by atoms with van der Waals surface area (Å²) in [6.07, 6.45) is 5.28. The second-order valence-electron chi connectivity index (χ2n) is 12.6. The Balaban J connectivity index is 1.39. The fraction of sp³-hybridized carbons (Fsp3) is 0.500. The summed E-state index contributed by atoms with van der Waals surface area (Å²) in [4.78, 5) is 29.2. The monoisotopic (exact) mass is 569 g/mol. The SMILES string of the molecule is C=CC(=O)N1C[C@H](C)N(c2nc(OC[C@@H]3CCCN3C)nc3c2C[C@@H](C)[C@H](c2cc(O)cc4ccccc24)C3)[C@@H](C)C1. The average Bonchev–Trinajstić information content (AvgIpc) is 3.39. The molecule has 0 spiro atoms. The second-order valence-corrected chi connectivity index (χ2v) is 12.6. The third kappa shape index (κ3) is 5.33. The van der Waals surface area contributed by atoms with Crippen molar-refractivity contribution in [3.63, 3.8) is 0 Å². The molecule has 3 aromatic rings. The van der Waals surface area contributed by atoms with Crippen molar-refractivity contribution in [2.24, 2.45) is 5.92 Å². The van der Waals surface area contributed by atoms with Gasteiger partial charge in [0.15, 0.2) is 0 Å². The zero-order chi connectivity index (χ0) is 29.5. The third-order valence-electron chi connectivity index (χ3n) is 9.68. The van der Waals surface area contributed by atoms with Crippen molar-refractivity contribution in [2.75, 3.05) is 38.2 Å². The van der Waals surface area contributed by atoms with Crippen LogP contribution in [0.2, 0.25) is 0 Å². The molecule has 2 aromatic carbocycles. The van der Waals surface area contributed by atoms with Gasteiger partial charge in [-0.1, -0.05) is 37.8 Å². The number of aromatic nitrogens is 2. The van der Waals surface area contributed by atoms with Crippen LogP contribution >= 0.6 is 0 Å². The lowest BCUT2D eigenvalue weighted by molar-refractivity contribution is -0.127. The number of hydrogen-bond donors (Lipinski definition) is 1. The number of piperazine rings is 1. The predicted octanol–water partition coefficient (Wildman–Crippen LogP) is 4.94. The van der Waals surface area contributed by atoms with Crippen LogP contribution < -0.4 is 9.64 Å². The number of ether oxygens (including phenoxy) is 1. The van der Waals surface area contributed by atoms with E-state index in [0.717, 1.165) is 48.3 Å². The van der Waals surface area contributed by atoms with Gasteiger partial charge in [-0.2, -0.15) is 9.97 Å². The van der Waals surface area contributed by atoms with E-state index < -0.39 is 0 Å². The van der Waals surface area contributed by atoms with Crippen LogP contribution in [0.4, 0.5) is 5.82 Å². The number of anilines is 1. The summed E-state index contributed by atoms with van der Waals surface area (Å²) in [7, 11) is 2.15. The summed E-state index contributed by atoms with van der Waals surface area (Å²) in [6, 6.07) is 13.0. The number of fused-ring (bicyclic) bond motifs is 2. The van der Waals surface area contributed by atoms with Gasteiger partial charge in [-0.15, -0.1) is 0 Å². The van der Waals surface area contributed by atoms with E-state index in [0.29, 0.717) is 43.4 Å². The molecule has 5 atom stereocenters. The average molecular weight is 570 g/mol. The molecule has 1 aromatic heterocycles. The molecule has 2 saturated heterocycles. The molecule has 8 nitrogen and oxygen atoms in total. The molecule has 6 rings (SSSR count). The molecule has 3 aliphatic rings. The molecule has 1 aliphatic carbocycles. The summed E-state index contributed by atoms with van der Waals surface area (Å²) in [5.41, 5.74) is 3.36. The first-order chi connectivity index (χ1) is 20.2. The number of hydrogen-bond acceptors (Lipinski definition) is 7. The minimum absolute atomic E-state index is 0.0300. The maximum Gasteiger partial charge on any atom is 0.318 e. The number of benzene rings is 2. The van der Waals surface area contributed by atoms with Gasteiger partial charge in [-0.3, -0.25) is 4.79 Å². The van der Waals surface area contributed by atoms with Gasteiger partial charge in [0.05, 0.1) is 5.69 Å². The highest BCUT2D eigenvalue weighted by Gasteiger charge is 2.38. The molecule has 1 N–H and O–H groups in total. The molecule has 222 valence electrons. The molecule has 0 unspecified atom stereocenters. The van der Waals surface area contributed by atoms with Gasteiger partial charge in [0.1, 0.15) is 18.2 Å². The smallest absolute Gasteiger partial charge is 0.318 e. The molecule has 0 radical (unpaired) electrons. The van der Waals surface area contributed by atoms with Crippen molar-refractivity contribution in [2.45, 2.75) is 70.5 Å². The Labute approximate surface area is 249 Å². The van der Waals surface area contributed by atoms with Crippen LogP contribution in [0.3, 0.4) is 0 Å². The predicted molar refractivity (Wildman–Crippen MR) is 166 cm³/mol. The number of carbonyl (C=O) groups is 1. The van der Waals surface area contributed by atoms with Crippen molar-refractivity contribution in [3.8, 4) is 11.8 Å². The Kier molecular flexibility index (Phi) is 7.83. The number of carbonyl (C=O) groups excluding carboxylic acids is 1. The van der Waals surface area contributed by atoms with Crippen LogP contribution in [0.25, 0.3) is 10.8 Å². The lowest BCUT2D eigenvalue weighted by Crippen LogP contribution is -2.58. The van der Waals surface area contributed by atoms with Crippen molar-refractivity contribution in [3.05, 3.63) is 65.9 Å². The summed E-state index contributed by atoms with van der Waals surface area (Å²) in [6.45, 7) is 13.2. The Morgan fingerprint density at radius 1 is 1.12 bits per heavy atom. The molecular formula is C34H43N5O3. The number of rotatable bonds is 6. The fourth-order valence-corrected chi connectivity index (χ4v) is 7.48. The third-order valence-corrected chi connectivity index (χ3v) is 9.68. The first kappa shape index (κ1) is 28.5. The highest BCUT2D eigenvalue weighted by Crippen LogP contribution is 2.44. The summed E-state index contributed by atoms with van der Waals surface area (Å²) in [5, 5.41) is 12.8. The normalized spacial score (nSPS) is 26.3. The van der Waals surface area contributed by atoms with Gasteiger partial charge >= 0.3 is 6.01 Å². The zero-order valence-corrected chi connectivity index (χ0v) is 25.3. The summed E-state index contributed by atoms with van der Waals surface area (Å²) >= 11 is 0. The Hall–Kier alpha value is -3.65. The van der Waals surface area contributed by atoms with Crippen LogP contribution in [-0.4, -0.2) is 82.2 Å². The zero-order valence-electron chi connectivity index (χ0n) is 25.3. The molecule has 8 heteroatoms. The van der Waals surface area contributed by atoms with Gasteiger partial charge in [0.25, 0.3) is 0 Å². The topological polar surface area (TPSA) is 82.0 Å². The Morgan fingerprint density at radius 2 is 1.88 bits per heavy atom. The Morgan fingerprint density at radius 3 is 2.60 bits per heavy atom. The fourth-order valence-electron chi connectivity index (χ4n) is 7.48. The number of phenols is 1. The number of likely N-dealkylation sites (N-methyl/N-ethyl adjacent to an activating group) is 1. The molecule has 42 heavy (non-hydrogen) atoms. The molecule has 3 heterocycles. The van der Waals surface area contributed by atoms with E-state index in [1.807, 2.05) is 23.1 Å². The summed E-state index contributed by atoms with van der Waals surface area (Å²) < 4.78 is 6.35.